The topological polar surface area (TPSA) is 61.9 Å². The van der Waals surface area contributed by atoms with E-state index in [9.17, 15) is 9.59 Å². The van der Waals surface area contributed by atoms with E-state index in [0.717, 1.165) is 29.7 Å². The maximum Gasteiger partial charge on any atom is 0.317 e. The summed E-state index contributed by atoms with van der Waals surface area (Å²) >= 11 is 1.51. The normalized spacial score (nSPS) is 19.9. The number of piperidine rings is 1. The van der Waals surface area contributed by atoms with Crippen LogP contribution in [0.25, 0.3) is 0 Å². The molecule has 6 nitrogen and oxygen atoms in total. The highest BCUT2D eigenvalue weighted by molar-refractivity contribution is 7.12. The fourth-order valence-corrected chi connectivity index (χ4v) is 4.41. The van der Waals surface area contributed by atoms with Gasteiger partial charge < -0.3 is 19.9 Å². The maximum absolute atomic E-state index is 12.7. The molecule has 0 atom stereocenters. The Morgan fingerprint density at radius 1 is 1.28 bits per heavy atom. The van der Waals surface area contributed by atoms with E-state index in [4.69, 9.17) is 4.74 Å². The molecule has 138 valence electrons. The Bertz CT molecular complexity index is 623. The van der Waals surface area contributed by atoms with Gasteiger partial charge in [-0.15, -0.1) is 11.3 Å². The highest BCUT2D eigenvalue weighted by atomic mass is 32.1. The number of hydrogen-bond donors (Lipinski definition) is 1. The van der Waals surface area contributed by atoms with Crippen LogP contribution in [0.3, 0.4) is 0 Å². The Labute approximate surface area is 153 Å². The predicted molar refractivity (Wildman–Crippen MR) is 98.1 cm³/mol. The second-order valence-corrected chi connectivity index (χ2v) is 7.83. The van der Waals surface area contributed by atoms with Gasteiger partial charge in [0.2, 0.25) is 0 Å². The van der Waals surface area contributed by atoms with Gasteiger partial charge in [-0.1, -0.05) is 6.92 Å². The SMILES string of the molecule is CCCNC(=O)N1CCOC2(CCN(C(=O)c3sccc3C)CC2)C1. The Morgan fingerprint density at radius 2 is 2.04 bits per heavy atom. The number of likely N-dealkylation sites (tertiary alicyclic amines) is 1. The lowest BCUT2D eigenvalue weighted by Crippen LogP contribution is -2.59. The van der Waals surface area contributed by atoms with Crippen LogP contribution in [0.5, 0.6) is 0 Å². The van der Waals surface area contributed by atoms with Crippen LogP contribution in [0.15, 0.2) is 11.4 Å². The molecular formula is C18H27N3O3S. The second-order valence-electron chi connectivity index (χ2n) is 6.91. The van der Waals surface area contributed by atoms with Crippen LogP contribution in [0.1, 0.15) is 41.4 Å². The third kappa shape index (κ3) is 3.98. The Morgan fingerprint density at radius 3 is 2.68 bits per heavy atom. The molecule has 2 fully saturated rings. The lowest BCUT2D eigenvalue weighted by molar-refractivity contribution is -0.122. The lowest BCUT2D eigenvalue weighted by Gasteiger charge is -2.47. The van der Waals surface area contributed by atoms with Gasteiger partial charge in [-0.25, -0.2) is 4.79 Å². The van der Waals surface area contributed by atoms with Gasteiger partial charge in [0.05, 0.1) is 23.6 Å². The molecule has 0 bridgehead atoms. The summed E-state index contributed by atoms with van der Waals surface area (Å²) in [7, 11) is 0. The monoisotopic (exact) mass is 365 g/mol. The molecule has 3 amide bonds. The largest absolute Gasteiger partial charge is 0.371 e. The number of urea groups is 1. The number of rotatable bonds is 3. The number of ether oxygens (including phenoxy) is 1. The highest BCUT2D eigenvalue weighted by Crippen LogP contribution is 2.31. The summed E-state index contributed by atoms with van der Waals surface area (Å²) in [5.74, 6) is 0.121. The summed E-state index contributed by atoms with van der Waals surface area (Å²) in [4.78, 5) is 29.5. The molecule has 2 saturated heterocycles. The van der Waals surface area contributed by atoms with E-state index in [2.05, 4.69) is 5.32 Å². The molecule has 0 unspecified atom stereocenters. The highest BCUT2D eigenvalue weighted by Gasteiger charge is 2.42. The van der Waals surface area contributed by atoms with Crippen LogP contribution in [-0.4, -0.2) is 66.7 Å². The Balaban J connectivity index is 1.58. The quantitative estimate of drug-likeness (QED) is 0.895. The summed E-state index contributed by atoms with van der Waals surface area (Å²) in [6.45, 7) is 7.90. The van der Waals surface area contributed by atoms with Crippen molar-refractivity contribution in [1.82, 2.24) is 15.1 Å². The maximum atomic E-state index is 12.7. The molecule has 1 spiro atoms. The number of nitrogens with zero attached hydrogens (tertiary/aromatic N) is 2. The minimum Gasteiger partial charge on any atom is -0.371 e. The Kier molecular flexibility index (Phi) is 5.64. The van der Waals surface area contributed by atoms with Crippen molar-refractivity contribution < 1.29 is 14.3 Å². The minimum atomic E-state index is -0.303. The van der Waals surface area contributed by atoms with Crippen molar-refractivity contribution in [1.29, 1.82) is 0 Å². The summed E-state index contributed by atoms with van der Waals surface area (Å²) < 4.78 is 6.08. The van der Waals surface area contributed by atoms with Crippen LogP contribution < -0.4 is 5.32 Å². The molecule has 3 rings (SSSR count). The van der Waals surface area contributed by atoms with E-state index >= 15 is 0 Å². The first-order valence-corrected chi connectivity index (χ1v) is 9.93. The van der Waals surface area contributed by atoms with Gasteiger partial charge in [-0.2, -0.15) is 0 Å². The average molecular weight is 365 g/mol. The molecule has 1 aromatic rings. The van der Waals surface area contributed by atoms with Gasteiger partial charge in [0.25, 0.3) is 5.91 Å². The minimum absolute atomic E-state index is 0.00255. The van der Waals surface area contributed by atoms with Crippen molar-refractivity contribution >= 4 is 23.3 Å². The number of hydrogen-bond acceptors (Lipinski definition) is 4. The number of aryl methyl sites for hydroxylation is 1. The first kappa shape index (κ1) is 18.2. The fourth-order valence-electron chi connectivity index (χ4n) is 3.52. The number of morpholine rings is 1. The molecule has 2 aliphatic rings. The average Bonchev–Trinajstić information content (AvgIpc) is 3.06. The van der Waals surface area contributed by atoms with Gasteiger partial charge in [0, 0.05) is 26.2 Å². The number of carbonyl (C=O) groups excluding carboxylic acids is 2. The van der Waals surface area contributed by atoms with E-state index in [1.54, 1.807) is 0 Å². The molecule has 0 saturated carbocycles. The molecule has 0 aliphatic carbocycles. The number of nitrogens with one attached hydrogen (secondary N) is 1. The molecule has 25 heavy (non-hydrogen) atoms. The number of thiophene rings is 1. The summed E-state index contributed by atoms with van der Waals surface area (Å²) in [6, 6.07) is 1.98. The molecule has 3 heterocycles. The molecule has 1 aromatic heterocycles. The van der Waals surface area contributed by atoms with Crippen molar-refractivity contribution in [2.24, 2.45) is 0 Å². The zero-order chi connectivity index (χ0) is 17.9. The van der Waals surface area contributed by atoms with E-state index in [1.165, 1.54) is 11.3 Å². The van der Waals surface area contributed by atoms with Gasteiger partial charge in [0.1, 0.15) is 0 Å². The van der Waals surface area contributed by atoms with Crippen LogP contribution in [0.4, 0.5) is 4.79 Å². The Hall–Kier alpha value is -1.60. The van der Waals surface area contributed by atoms with Crippen molar-refractivity contribution in [2.75, 3.05) is 39.3 Å². The smallest absolute Gasteiger partial charge is 0.317 e. The molecule has 7 heteroatoms. The molecule has 2 aliphatic heterocycles. The van der Waals surface area contributed by atoms with Crippen LogP contribution >= 0.6 is 11.3 Å². The first-order valence-electron chi connectivity index (χ1n) is 9.05. The first-order chi connectivity index (χ1) is 12.0. The fraction of sp³-hybridized carbons (Fsp3) is 0.667. The van der Waals surface area contributed by atoms with E-state index in [-0.39, 0.29) is 17.5 Å². The second kappa shape index (κ2) is 7.74. The number of amides is 3. The summed E-state index contributed by atoms with van der Waals surface area (Å²) in [5.41, 5.74) is 0.742. The lowest BCUT2D eigenvalue weighted by atomic mass is 9.89. The van der Waals surface area contributed by atoms with Gasteiger partial charge in [-0.05, 0) is 43.2 Å². The van der Waals surface area contributed by atoms with Crippen molar-refractivity contribution in [2.45, 2.75) is 38.7 Å². The third-order valence-corrected chi connectivity index (χ3v) is 6.08. The van der Waals surface area contributed by atoms with Crippen LogP contribution in [0, 0.1) is 6.92 Å². The van der Waals surface area contributed by atoms with Crippen molar-refractivity contribution in [3.8, 4) is 0 Å². The van der Waals surface area contributed by atoms with E-state index in [0.29, 0.717) is 39.3 Å². The van der Waals surface area contributed by atoms with Crippen molar-refractivity contribution in [3.63, 3.8) is 0 Å². The molecule has 0 aromatic carbocycles. The van der Waals surface area contributed by atoms with E-state index in [1.807, 2.05) is 35.1 Å². The predicted octanol–water partition coefficient (Wildman–Crippen LogP) is 2.48. The molecule has 1 N–H and O–H groups in total. The van der Waals surface area contributed by atoms with E-state index < -0.39 is 0 Å². The van der Waals surface area contributed by atoms with Crippen LogP contribution in [-0.2, 0) is 4.74 Å². The summed E-state index contributed by atoms with van der Waals surface area (Å²) in [6.07, 6.45) is 2.49. The van der Waals surface area contributed by atoms with Gasteiger partial charge in [0.15, 0.2) is 0 Å². The zero-order valence-electron chi connectivity index (χ0n) is 15.0. The third-order valence-electron chi connectivity index (χ3n) is 5.08. The van der Waals surface area contributed by atoms with Crippen LogP contribution in [0.2, 0.25) is 0 Å². The van der Waals surface area contributed by atoms with Crippen molar-refractivity contribution in [3.05, 3.63) is 21.9 Å². The van der Waals surface area contributed by atoms with Gasteiger partial charge >= 0.3 is 6.03 Å². The standard InChI is InChI=1S/C18H27N3O3S/c1-3-7-19-17(23)21-10-11-24-18(13-21)5-8-20(9-6-18)16(22)15-14(2)4-12-25-15/h4,12H,3,5-11,13H2,1-2H3,(H,19,23). The number of carbonyl (C=O) groups is 2. The summed E-state index contributed by atoms with van der Waals surface area (Å²) in [5, 5.41) is 4.91. The van der Waals surface area contributed by atoms with Gasteiger partial charge in [-0.3, -0.25) is 4.79 Å². The molecular weight excluding hydrogens is 338 g/mol. The zero-order valence-corrected chi connectivity index (χ0v) is 15.9. The molecule has 0 radical (unpaired) electrons.